The van der Waals surface area contributed by atoms with E-state index in [4.69, 9.17) is 35.8 Å². The van der Waals surface area contributed by atoms with Crippen molar-refractivity contribution >= 4 is 45.2 Å². The lowest BCUT2D eigenvalue weighted by Crippen LogP contribution is -2.35. The summed E-state index contributed by atoms with van der Waals surface area (Å²) in [6.07, 6.45) is 4.32. The Morgan fingerprint density at radius 2 is 1.73 bits per heavy atom. The predicted octanol–water partition coefficient (Wildman–Crippen LogP) is 1.99. The average molecular weight is 502 g/mol. The van der Waals surface area contributed by atoms with Crippen LogP contribution in [-0.4, -0.2) is 60.4 Å². The Morgan fingerprint density at radius 3 is 2.30 bits per heavy atom. The lowest BCUT2D eigenvalue weighted by atomic mass is 10.2. The topological polar surface area (TPSA) is 166 Å². The van der Waals surface area contributed by atoms with Crippen molar-refractivity contribution in [2.75, 3.05) is 25.0 Å². The Hall–Kier alpha value is -2.93. The minimum Gasteiger partial charge on any atom is -0.473 e. The van der Waals surface area contributed by atoms with Gasteiger partial charge in [0.1, 0.15) is 5.76 Å². The number of piperidine rings is 1. The van der Waals surface area contributed by atoms with E-state index in [1.165, 1.54) is 22.5 Å². The minimum absolute atomic E-state index is 0.0418. The number of anilines is 1. The van der Waals surface area contributed by atoms with E-state index >= 15 is 0 Å². The van der Waals surface area contributed by atoms with Crippen molar-refractivity contribution in [3.05, 3.63) is 47.4 Å². The molecule has 33 heavy (non-hydrogen) atoms. The van der Waals surface area contributed by atoms with E-state index in [0.29, 0.717) is 19.6 Å². The third kappa shape index (κ3) is 8.17. The minimum atomic E-state index is -3.59. The van der Waals surface area contributed by atoms with Gasteiger partial charge < -0.3 is 25.3 Å². The second kappa shape index (κ2) is 12.3. The predicted molar refractivity (Wildman–Crippen MR) is 118 cm³/mol. The number of carboxylic acid groups (broad SMARTS) is 2. The number of carbonyl (C=O) groups is 3. The number of aliphatic carboxylic acids is 2. The van der Waals surface area contributed by atoms with Gasteiger partial charge in [0.2, 0.25) is 15.9 Å². The van der Waals surface area contributed by atoms with Crippen LogP contribution < -0.4 is 10.6 Å². The molecular formula is C20H24ClN3O8S. The van der Waals surface area contributed by atoms with Gasteiger partial charge in [-0.1, -0.05) is 18.0 Å². The van der Waals surface area contributed by atoms with E-state index in [2.05, 4.69) is 10.6 Å². The maximum Gasteiger partial charge on any atom is 0.414 e. The highest BCUT2D eigenvalue weighted by Crippen LogP contribution is 2.28. The van der Waals surface area contributed by atoms with Crippen LogP contribution in [0.25, 0.3) is 0 Å². The third-order valence-electron chi connectivity index (χ3n) is 4.51. The highest BCUT2D eigenvalue weighted by molar-refractivity contribution is 7.89. The summed E-state index contributed by atoms with van der Waals surface area (Å²) in [6, 6.07) is 7.94. The third-order valence-corrected chi connectivity index (χ3v) is 6.74. The Labute approximate surface area is 195 Å². The molecule has 1 amide bonds. The maximum absolute atomic E-state index is 12.8. The molecule has 0 unspecified atom stereocenters. The van der Waals surface area contributed by atoms with Crippen LogP contribution in [0.2, 0.25) is 5.02 Å². The molecular weight excluding hydrogens is 478 g/mol. The van der Waals surface area contributed by atoms with Gasteiger partial charge in [0.05, 0.1) is 35.0 Å². The highest BCUT2D eigenvalue weighted by Gasteiger charge is 2.26. The summed E-state index contributed by atoms with van der Waals surface area (Å²) < 4.78 is 32.2. The average Bonchev–Trinajstić information content (AvgIpc) is 3.29. The molecule has 0 aliphatic carbocycles. The smallest absolute Gasteiger partial charge is 0.414 e. The molecule has 0 spiro atoms. The molecule has 13 heteroatoms. The molecule has 180 valence electrons. The van der Waals surface area contributed by atoms with Gasteiger partial charge in [-0.05, 0) is 43.2 Å². The van der Waals surface area contributed by atoms with E-state index in [1.54, 1.807) is 18.4 Å². The van der Waals surface area contributed by atoms with Crippen LogP contribution in [0.5, 0.6) is 0 Å². The molecule has 0 saturated carbocycles. The van der Waals surface area contributed by atoms with Crippen LogP contribution in [0.4, 0.5) is 5.69 Å². The fraction of sp³-hybridized carbons (Fsp3) is 0.350. The number of sulfonamides is 1. The fourth-order valence-corrected chi connectivity index (χ4v) is 4.63. The zero-order chi connectivity index (χ0) is 24.4. The first-order chi connectivity index (χ1) is 15.6. The number of amides is 1. The molecule has 0 radical (unpaired) electrons. The maximum atomic E-state index is 12.8. The number of halogens is 1. The van der Waals surface area contributed by atoms with E-state index in [-0.39, 0.29) is 28.1 Å². The van der Waals surface area contributed by atoms with Gasteiger partial charge in [-0.2, -0.15) is 4.31 Å². The summed E-state index contributed by atoms with van der Waals surface area (Å²) in [5, 5.41) is 20.7. The first-order valence-electron chi connectivity index (χ1n) is 9.90. The molecule has 11 nitrogen and oxygen atoms in total. The standard InChI is InChI=1S/C18H22ClN3O4S.C2H2O4/c19-16-7-6-15(27(24,25)22-8-2-1-3-9-22)11-17(16)21-18(23)13-20-12-14-5-4-10-26-14;3-1(4)2(5)6/h4-7,10-11,20H,1-3,8-9,12-13H2,(H,21,23);(H,3,4)(H,5,6). The molecule has 4 N–H and O–H groups in total. The summed E-state index contributed by atoms with van der Waals surface area (Å²) in [5.74, 6) is -3.25. The summed E-state index contributed by atoms with van der Waals surface area (Å²) in [5.41, 5.74) is 0.277. The number of carbonyl (C=O) groups excluding carboxylic acids is 1. The Bertz CT molecular complexity index is 1050. The van der Waals surface area contributed by atoms with E-state index in [1.807, 2.05) is 0 Å². The van der Waals surface area contributed by atoms with E-state index < -0.39 is 22.0 Å². The number of rotatable bonds is 7. The molecule has 0 bridgehead atoms. The molecule has 3 rings (SSSR count). The van der Waals surface area contributed by atoms with Gasteiger partial charge in [0.15, 0.2) is 0 Å². The van der Waals surface area contributed by atoms with Crippen molar-refractivity contribution in [3.8, 4) is 0 Å². The van der Waals surface area contributed by atoms with Crippen molar-refractivity contribution in [2.45, 2.75) is 30.7 Å². The number of nitrogens with zero attached hydrogens (tertiary/aromatic N) is 1. The van der Waals surface area contributed by atoms with E-state index in [0.717, 1.165) is 25.0 Å². The number of carboxylic acids is 2. The fourth-order valence-electron chi connectivity index (χ4n) is 2.92. The second-order valence-electron chi connectivity index (χ2n) is 6.95. The second-order valence-corrected chi connectivity index (χ2v) is 9.29. The monoisotopic (exact) mass is 501 g/mol. The van der Waals surface area contributed by atoms with Gasteiger partial charge in [-0.3, -0.25) is 4.79 Å². The van der Waals surface area contributed by atoms with Gasteiger partial charge in [0, 0.05) is 13.1 Å². The van der Waals surface area contributed by atoms with Crippen molar-refractivity contribution < 1.29 is 37.4 Å². The van der Waals surface area contributed by atoms with Crippen LogP contribution in [0.1, 0.15) is 25.0 Å². The van der Waals surface area contributed by atoms with E-state index in [9.17, 15) is 13.2 Å². The number of hydrogen-bond donors (Lipinski definition) is 4. The van der Waals surface area contributed by atoms with Crippen molar-refractivity contribution in [1.82, 2.24) is 9.62 Å². The molecule has 1 saturated heterocycles. The zero-order valence-electron chi connectivity index (χ0n) is 17.5. The van der Waals surface area contributed by atoms with Gasteiger partial charge in [-0.15, -0.1) is 0 Å². The summed E-state index contributed by atoms with van der Waals surface area (Å²) in [6.45, 7) is 1.49. The Kier molecular flexibility index (Phi) is 9.85. The summed E-state index contributed by atoms with van der Waals surface area (Å²) in [7, 11) is -3.59. The molecule has 1 aromatic carbocycles. The normalized spacial score (nSPS) is 14.1. The molecule has 2 aromatic rings. The largest absolute Gasteiger partial charge is 0.473 e. The van der Waals surface area contributed by atoms with Crippen LogP contribution in [0.3, 0.4) is 0 Å². The van der Waals surface area contributed by atoms with Crippen LogP contribution in [-0.2, 0) is 31.0 Å². The first-order valence-corrected chi connectivity index (χ1v) is 11.7. The number of hydrogen-bond acceptors (Lipinski definition) is 7. The van der Waals surface area contributed by atoms with Crippen molar-refractivity contribution in [3.63, 3.8) is 0 Å². The number of nitrogens with one attached hydrogen (secondary N) is 2. The lowest BCUT2D eigenvalue weighted by molar-refractivity contribution is -0.159. The molecule has 1 aromatic heterocycles. The van der Waals surface area contributed by atoms with Crippen molar-refractivity contribution in [2.24, 2.45) is 0 Å². The Balaban J connectivity index is 0.000000569. The molecule has 1 fully saturated rings. The molecule has 1 aliphatic rings. The highest BCUT2D eigenvalue weighted by atomic mass is 35.5. The zero-order valence-corrected chi connectivity index (χ0v) is 19.1. The summed E-state index contributed by atoms with van der Waals surface area (Å²) >= 11 is 6.13. The molecule has 2 heterocycles. The van der Waals surface area contributed by atoms with Crippen LogP contribution in [0.15, 0.2) is 45.9 Å². The Morgan fingerprint density at radius 1 is 1.06 bits per heavy atom. The van der Waals surface area contributed by atoms with Crippen LogP contribution >= 0.6 is 11.6 Å². The van der Waals surface area contributed by atoms with Crippen molar-refractivity contribution in [1.29, 1.82) is 0 Å². The summed E-state index contributed by atoms with van der Waals surface area (Å²) in [4.78, 5) is 30.5. The molecule has 0 atom stereocenters. The van der Waals surface area contributed by atoms with Gasteiger partial charge in [0.25, 0.3) is 0 Å². The number of benzene rings is 1. The van der Waals surface area contributed by atoms with Gasteiger partial charge >= 0.3 is 11.9 Å². The quantitative estimate of drug-likeness (QED) is 0.415. The van der Waals surface area contributed by atoms with Gasteiger partial charge in [-0.25, -0.2) is 18.0 Å². The number of furan rings is 1. The molecule has 1 aliphatic heterocycles. The van der Waals surface area contributed by atoms with Crippen LogP contribution in [0, 0.1) is 0 Å². The lowest BCUT2D eigenvalue weighted by Gasteiger charge is -2.26. The first kappa shape index (κ1) is 26.3. The SMILES string of the molecule is O=C(CNCc1ccco1)Nc1cc(S(=O)(=O)N2CCCCC2)ccc1Cl.O=C(O)C(=O)O.